The molecule has 0 aliphatic rings. The molecule has 0 radical (unpaired) electrons. The average molecular weight is 326 g/mol. The number of nitrogens with two attached hydrogens (primary N) is 1. The fraction of sp³-hybridized carbons (Fsp3) is 0.500. The molecule has 0 heterocycles. The zero-order chi connectivity index (χ0) is 16.3. The molecule has 0 aliphatic carbocycles. The lowest BCUT2D eigenvalue weighted by Crippen LogP contribution is -2.39. The Labute approximate surface area is 121 Å². The third-order valence-electron chi connectivity index (χ3n) is 2.75. The maximum Gasteiger partial charge on any atom is 0.402 e. The number of phenols is 1. The summed E-state index contributed by atoms with van der Waals surface area (Å²) >= 11 is 0. The number of benzene rings is 1. The SMILES string of the molecule is CCCCN(CC(F)(F)F)S(=O)(=O)c1ccc(O)c(N)c1. The Morgan fingerprint density at radius 2 is 1.95 bits per heavy atom. The molecule has 0 bridgehead atoms. The predicted molar refractivity (Wildman–Crippen MR) is 72.2 cm³/mol. The quantitative estimate of drug-likeness (QED) is 0.621. The van der Waals surface area contributed by atoms with Crippen LogP contribution >= 0.6 is 0 Å². The first kappa shape index (κ1) is 17.6. The Balaban J connectivity index is 3.16. The van der Waals surface area contributed by atoms with Gasteiger partial charge < -0.3 is 10.8 Å². The fourth-order valence-electron chi connectivity index (χ4n) is 1.66. The van der Waals surface area contributed by atoms with Crippen LogP contribution in [-0.4, -0.2) is 37.1 Å². The Hall–Kier alpha value is -1.48. The molecular formula is C12H17F3N2O3S. The summed E-state index contributed by atoms with van der Waals surface area (Å²) in [6.07, 6.45) is -3.77. The highest BCUT2D eigenvalue weighted by atomic mass is 32.2. The standard InChI is InChI=1S/C12H17F3N2O3S/c1-2-3-6-17(8-12(13,14)15)21(19,20)9-4-5-11(18)10(16)7-9/h4-5,7,18H,2-3,6,8,16H2,1H3. The Morgan fingerprint density at radius 3 is 2.43 bits per heavy atom. The van der Waals surface area contributed by atoms with Crippen LogP contribution in [0, 0.1) is 0 Å². The van der Waals surface area contributed by atoms with Gasteiger partial charge in [0.25, 0.3) is 0 Å². The number of alkyl halides is 3. The Kier molecular flexibility index (Phi) is 5.46. The van der Waals surface area contributed by atoms with Crippen molar-refractivity contribution in [2.45, 2.75) is 30.8 Å². The largest absolute Gasteiger partial charge is 0.506 e. The summed E-state index contributed by atoms with van der Waals surface area (Å²) in [7, 11) is -4.32. The number of anilines is 1. The maximum absolute atomic E-state index is 12.6. The molecule has 0 saturated heterocycles. The van der Waals surface area contributed by atoms with E-state index in [1.54, 1.807) is 6.92 Å². The number of nitrogens with zero attached hydrogens (tertiary/aromatic N) is 1. The van der Waals surface area contributed by atoms with Gasteiger partial charge in [-0.3, -0.25) is 0 Å². The minimum atomic E-state index is -4.64. The van der Waals surface area contributed by atoms with Gasteiger partial charge in [-0.1, -0.05) is 13.3 Å². The smallest absolute Gasteiger partial charge is 0.402 e. The van der Waals surface area contributed by atoms with E-state index in [0.717, 1.165) is 18.2 Å². The highest BCUT2D eigenvalue weighted by molar-refractivity contribution is 7.89. The number of rotatable bonds is 6. The van der Waals surface area contributed by atoms with Crippen molar-refractivity contribution in [1.82, 2.24) is 4.31 Å². The molecule has 1 aromatic carbocycles. The van der Waals surface area contributed by atoms with Gasteiger partial charge in [-0.15, -0.1) is 0 Å². The van der Waals surface area contributed by atoms with E-state index in [4.69, 9.17) is 5.73 Å². The molecular weight excluding hydrogens is 309 g/mol. The van der Waals surface area contributed by atoms with Crippen molar-refractivity contribution in [3.8, 4) is 5.75 Å². The van der Waals surface area contributed by atoms with Gasteiger partial charge in [0.2, 0.25) is 10.0 Å². The van der Waals surface area contributed by atoms with Gasteiger partial charge in [-0.25, -0.2) is 8.42 Å². The van der Waals surface area contributed by atoms with Crippen molar-refractivity contribution < 1.29 is 26.7 Å². The molecule has 1 rings (SSSR count). The molecule has 0 aliphatic heterocycles. The van der Waals surface area contributed by atoms with Crippen LogP contribution in [0.4, 0.5) is 18.9 Å². The molecule has 0 saturated carbocycles. The summed E-state index contributed by atoms with van der Waals surface area (Å²) in [5, 5.41) is 9.26. The van der Waals surface area contributed by atoms with Gasteiger partial charge in [0.1, 0.15) is 12.3 Å². The number of aromatic hydroxyl groups is 1. The van der Waals surface area contributed by atoms with E-state index in [1.165, 1.54) is 0 Å². The van der Waals surface area contributed by atoms with E-state index in [2.05, 4.69) is 0 Å². The van der Waals surface area contributed by atoms with Crippen LogP contribution in [0.5, 0.6) is 5.75 Å². The third kappa shape index (κ3) is 4.78. The van der Waals surface area contributed by atoms with Gasteiger partial charge in [-0.2, -0.15) is 17.5 Å². The van der Waals surface area contributed by atoms with Crippen LogP contribution < -0.4 is 5.73 Å². The van der Waals surface area contributed by atoms with Crippen molar-refractivity contribution >= 4 is 15.7 Å². The fourth-order valence-corrected chi connectivity index (χ4v) is 3.16. The first-order valence-electron chi connectivity index (χ1n) is 6.23. The van der Waals surface area contributed by atoms with E-state index in [0.29, 0.717) is 17.1 Å². The molecule has 120 valence electrons. The third-order valence-corrected chi connectivity index (χ3v) is 4.59. The van der Waals surface area contributed by atoms with Crippen molar-refractivity contribution in [3.05, 3.63) is 18.2 Å². The molecule has 0 fully saturated rings. The summed E-state index contributed by atoms with van der Waals surface area (Å²) in [6, 6.07) is 3.00. The predicted octanol–water partition coefficient (Wildman–Crippen LogP) is 2.33. The number of sulfonamides is 1. The van der Waals surface area contributed by atoms with Crippen LogP contribution in [0.1, 0.15) is 19.8 Å². The second-order valence-electron chi connectivity index (χ2n) is 4.53. The molecule has 0 amide bonds. The van der Waals surface area contributed by atoms with Crippen LogP contribution in [0.25, 0.3) is 0 Å². The minimum Gasteiger partial charge on any atom is -0.506 e. The molecule has 0 aromatic heterocycles. The highest BCUT2D eigenvalue weighted by Crippen LogP contribution is 2.27. The number of hydrogen-bond donors (Lipinski definition) is 2. The van der Waals surface area contributed by atoms with Gasteiger partial charge in [-0.05, 0) is 24.6 Å². The summed E-state index contributed by atoms with van der Waals surface area (Å²) in [5.41, 5.74) is 5.18. The van der Waals surface area contributed by atoms with Crippen LogP contribution in [-0.2, 0) is 10.0 Å². The van der Waals surface area contributed by atoms with E-state index in [1.807, 2.05) is 0 Å². The lowest BCUT2D eigenvalue weighted by Gasteiger charge is -2.23. The van der Waals surface area contributed by atoms with Crippen LogP contribution in [0.3, 0.4) is 0 Å². The number of unbranched alkanes of at least 4 members (excludes halogenated alkanes) is 1. The number of nitrogen functional groups attached to an aromatic ring is 1. The minimum absolute atomic E-state index is 0.210. The molecule has 0 atom stereocenters. The molecule has 3 N–H and O–H groups in total. The molecule has 1 aromatic rings. The molecule has 5 nitrogen and oxygen atoms in total. The summed E-state index contributed by atoms with van der Waals surface area (Å²) < 4.78 is 62.6. The second kappa shape index (κ2) is 6.52. The first-order chi connectivity index (χ1) is 9.58. The summed E-state index contributed by atoms with van der Waals surface area (Å²) in [6.45, 7) is -0.0494. The Morgan fingerprint density at radius 1 is 1.33 bits per heavy atom. The van der Waals surface area contributed by atoms with E-state index >= 15 is 0 Å². The zero-order valence-corrected chi connectivity index (χ0v) is 12.2. The van der Waals surface area contributed by atoms with Crippen LogP contribution in [0.15, 0.2) is 23.1 Å². The van der Waals surface area contributed by atoms with Gasteiger partial charge >= 0.3 is 6.18 Å². The summed E-state index contributed by atoms with van der Waals surface area (Å²) in [5.74, 6) is -0.329. The van der Waals surface area contributed by atoms with E-state index in [9.17, 15) is 26.7 Å². The monoisotopic (exact) mass is 326 g/mol. The summed E-state index contributed by atoms with van der Waals surface area (Å²) in [4.78, 5) is -0.377. The molecule has 21 heavy (non-hydrogen) atoms. The van der Waals surface area contributed by atoms with Gasteiger partial charge in [0.05, 0.1) is 10.6 Å². The molecule has 9 heteroatoms. The topological polar surface area (TPSA) is 83.6 Å². The number of hydrogen-bond acceptors (Lipinski definition) is 4. The number of phenolic OH excluding ortho intramolecular Hbond substituents is 1. The zero-order valence-electron chi connectivity index (χ0n) is 11.4. The lowest BCUT2D eigenvalue weighted by molar-refractivity contribution is -0.136. The highest BCUT2D eigenvalue weighted by Gasteiger charge is 2.36. The average Bonchev–Trinajstić information content (AvgIpc) is 2.36. The lowest BCUT2D eigenvalue weighted by atomic mass is 10.3. The van der Waals surface area contributed by atoms with Crippen molar-refractivity contribution in [2.24, 2.45) is 0 Å². The number of halogens is 3. The molecule has 0 unspecified atom stereocenters. The van der Waals surface area contributed by atoms with E-state index < -0.39 is 22.7 Å². The normalized spacial score (nSPS) is 12.8. The van der Waals surface area contributed by atoms with Gasteiger partial charge in [0, 0.05) is 6.54 Å². The van der Waals surface area contributed by atoms with Crippen molar-refractivity contribution in [2.75, 3.05) is 18.8 Å². The Bertz CT molecular complexity index is 588. The van der Waals surface area contributed by atoms with E-state index in [-0.39, 0.29) is 22.9 Å². The molecule has 0 spiro atoms. The van der Waals surface area contributed by atoms with Crippen LogP contribution in [0.2, 0.25) is 0 Å². The van der Waals surface area contributed by atoms with Crippen molar-refractivity contribution in [1.29, 1.82) is 0 Å². The van der Waals surface area contributed by atoms with Crippen molar-refractivity contribution in [3.63, 3.8) is 0 Å². The first-order valence-corrected chi connectivity index (χ1v) is 7.67. The maximum atomic E-state index is 12.6. The second-order valence-corrected chi connectivity index (χ2v) is 6.47. The van der Waals surface area contributed by atoms with Gasteiger partial charge in [0.15, 0.2) is 0 Å².